The number of sulfone groups is 1. The molecule has 40 heavy (non-hydrogen) atoms. The Morgan fingerprint density at radius 3 is 1.95 bits per heavy atom. The number of anilines is 1. The maximum Gasteiger partial charge on any atom is 0.265 e. The Labute approximate surface area is 239 Å². The lowest BCUT2D eigenvalue weighted by Crippen LogP contribution is -2.33. The monoisotopic (exact) mass is 564 g/mol. The van der Waals surface area contributed by atoms with E-state index >= 15 is 0 Å². The van der Waals surface area contributed by atoms with Crippen molar-refractivity contribution >= 4 is 21.4 Å². The third-order valence-corrected chi connectivity index (χ3v) is 8.64. The van der Waals surface area contributed by atoms with Crippen LogP contribution >= 0.6 is 0 Å². The number of phenols is 1. The van der Waals surface area contributed by atoms with Crippen molar-refractivity contribution in [2.75, 3.05) is 5.32 Å². The van der Waals surface area contributed by atoms with Crippen LogP contribution in [0.4, 0.5) is 5.69 Å². The van der Waals surface area contributed by atoms with Gasteiger partial charge in [-0.2, -0.15) is 0 Å². The van der Waals surface area contributed by atoms with E-state index < -0.39 is 15.9 Å². The van der Waals surface area contributed by atoms with Crippen LogP contribution in [0.25, 0.3) is 0 Å². The molecule has 3 aromatic carbocycles. The number of carbonyl (C=O) groups excluding carboxylic acids is 1. The SMILES string of the molecule is [CH2]CCc1ccc(NC(=O)C(CCCCCCCCCC)Oc2ccc(S(=O)(=O)c3ccc(O)cc3)cc2)cc1. The average Bonchev–Trinajstić information content (AvgIpc) is 2.95. The lowest BCUT2D eigenvalue weighted by Gasteiger charge is -2.19. The molecule has 6 nitrogen and oxygen atoms in total. The van der Waals surface area contributed by atoms with Crippen LogP contribution in [0, 0.1) is 6.92 Å². The van der Waals surface area contributed by atoms with Crippen molar-refractivity contribution in [3.8, 4) is 11.5 Å². The van der Waals surface area contributed by atoms with Crippen LogP contribution in [0.5, 0.6) is 11.5 Å². The molecule has 0 aliphatic carbocycles. The second-order valence-electron chi connectivity index (χ2n) is 10.1. The average molecular weight is 565 g/mol. The fourth-order valence-electron chi connectivity index (χ4n) is 4.51. The van der Waals surface area contributed by atoms with Gasteiger partial charge in [0.05, 0.1) is 9.79 Å². The molecule has 1 radical (unpaired) electrons. The van der Waals surface area contributed by atoms with Gasteiger partial charge in [-0.1, -0.05) is 70.9 Å². The van der Waals surface area contributed by atoms with Gasteiger partial charge < -0.3 is 15.2 Å². The number of carbonyl (C=O) groups is 1. The number of aryl methyl sites for hydroxylation is 1. The third-order valence-electron chi connectivity index (χ3n) is 6.86. The van der Waals surface area contributed by atoms with Gasteiger partial charge in [0.25, 0.3) is 5.91 Å². The first-order valence-corrected chi connectivity index (χ1v) is 15.8. The lowest BCUT2D eigenvalue weighted by atomic mass is 10.0. The second-order valence-corrected chi connectivity index (χ2v) is 12.1. The molecule has 215 valence electrons. The zero-order valence-electron chi connectivity index (χ0n) is 23.5. The van der Waals surface area contributed by atoms with Crippen LogP contribution in [-0.4, -0.2) is 25.5 Å². The summed E-state index contributed by atoms with van der Waals surface area (Å²) in [6.45, 7) is 6.10. The van der Waals surface area contributed by atoms with Crippen molar-refractivity contribution in [2.45, 2.75) is 93.4 Å². The number of nitrogens with one attached hydrogen (secondary N) is 1. The number of aromatic hydroxyl groups is 1. The Bertz CT molecular complexity index is 1270. The van der Waals surface area contributed by atoms with Gasteiger partial charge in [0.2, 0.25) is 9.84 Å². The first-order chi connectivity index (χ1) is 19.3. The number of benzene rings is 3. The highest BCUT2D eigenvalue weighted by Crippen LogP contribution is 2.26. The lowest BCUT2D eigenvalue weighted by molar-refractivity contribution is -0.123. The van der Waals surface area contributed by atoms with Gasteiger partial charge in [0.15, 0.2) is 6.10 Å². The Morgan fingerprint density at radius 2 is 1.38 bits per heavy atom. The molecule has 0 aromatic heterocycles. The van der Waals surface area contributed by atoms with E-state index in [1.54, 1.807) is 12.1 Å². The molecule has 0 aliphatic heterocycles. The van der Waals surface area contributed by atoms with Crippen molar-refractivity contribution in [2.24, 2.45) is 0 Å². The number of ether oxygens (including phenoxy) is 1. The summed E-state index contributed by atoms with van der Waals surface area (Å²) < 4.78 is 32.0. The van der Waals surface area contributed by atoms with E-state index in [0.29, 0.717) is 17.9 Å². The molecule has 0 saturated carbocycles. The molecule has 0 aliphatic rings. The maximum absolute atomic E-state index is 13.2. The summed E-state index contributed by atoms with van der Waals surface area (Å²) in [5.74, 6) is 0.196. The Hall–Kier alpha value is -3.32. The molecular weight excluding hydrogens is 522 g/mol. The minimum absolute atomic E-state index is 0.00212. The summed E-state index contributed by atoms with van der Waals surface area (Å²) in [6.07, 6.45) is 10.8. The second kappa shape index (κ2) is 16.1. The number of phenolic OH excluding ortho intramolecular Hbond substituents is 1. The van der Waals surface area contributed by atoms with E-state index in [0.717, 1.165) is 32.1 Å². The fraction of sp³-hybridized carbons (Fsp3) is 0.394. The van der Waals surface area contributed by atoms with Gasteiger partial charge >= 0.3 is 0 Å². The van der Waals surface area contributed by atoms with Crippen molar-refractivity contribution in [3.63, 3.8) is 0 Å². The number of hydrogen-bond acceptors (Lipinski definition) is 5. The first kappa shape index (κ1) is 31.2. The van der Waals surface area contributed by atoms with Crippen molar-refractivity contribution in [3.05, 3.63) is 85.3 Å². The predicted octanol–water partition coefficient (Wildman–Crippen LogP) is 7.91. The van der Waals surface area contributed by atoms with Gasteiger partial charge in [0, 0.05) is 5.69 Å². The Kier molecular flexibility index (Phi) is 12.5. The minimum atomic E-state index is -3.74. The fourth-order valence-corrected chi connectivity index (χ4v) is 5.77. The molecular formula is C33H42NO5S. The number of hydrogen-bond donors (Lipinski definition) is 2. The third kappa shape index (κ3) is 9.70. The normalized spacial score (nSPS) is 12.2. The molecule has 0 fully saturated rings. The summed E-state index contributed by atoms with van der Waals surface area (Å²) in [5, 5.41) is 12.4. The van der Waals surface area contributed by atoms with Gasteiger partial charge in [-0.15, -0.1) is 0 Å². The molecule has 0 saturated heterocycles. The van der Waals surface area contributed by atoms with Gasteiger partial charge in [-0.25, -0.2) is 8.42 Å². The Balaban J connectivity index is 1.66. The van der Waals surface area contributed by atoms with E-state index in [2.05, 4.69) is 19.2 Å². The number of amides is 1. The van der Waals surface area contributed by atoms with Crippen molar-refractivity contribution < 1.29 is 23.1 Å². The minimum Gasteiger partial charge on any atom is -0.508 e. The quantitative estimate of drug-likeness (QED) is 0.163. The highest BCUT2D eigenvalue weighted by molar-refractivity contribution is 7.91. The van der Waals surface area contributed by atoms with Crippen LogP contribution in [0.1, 0.15) is 76.7 Å². The zero-order chi connectivity index (χ0) is 28.8. The Morgan fingerprint density at radius 1 is 0.825 bits per heavy atom. The van der Waals surface area contributed by atoms with E-state index in [1.807, 2.05) is 24.3 Å². The zero-order valence-corrected chi connectivity index (χ0v) is 24.3. The largest absolute Gasteiger partial charge is 0.508 e. The van der Waals surface area contributed by atoms with Crippen LogP contribution in [-0.2, 0) is 21.1 Å². The summed E-state index contributed by atoms with van der Waals surface area (Å²) in [6, 6.07) is 19.3. The molecule has 7 heteroatoms. The predicted molar refractivity (Wildman–Crippen MR) is 160 cm³/mol. The molecule has 1 amide bonds. The van der Waals surface area contributed by atoms with E-state index in [1.165, 1.54) is 74.1 Å². The molecule has 3 aromatic rings. The first-order valence-electron chi connectivity index (χ1n) is 14.3. The van der Waals surface area contributed by atoms with E-state index in [4.69, 9.17) is 4.74 Å². The van der Waals surface area contributed by atoms with Gasteiger partial charge in [-0.3, -0.25) is 4.79 Å². The summed E-state index contributed by atoms with van der Waals surface area (Å²) in [7, 11) is -3.74. The van der Waals surface area contributed by atoms with Crippen molar-refractivity contribution in [1.82, 2.24) is 0 Å². The van der Waals surface area contributed by atoms with E-state index in [-0.39, 0.29) is 21.4 Å². The van der Waals surface area contributed by atoms with Crippen LogP contribution in [0.2, 0.25) is 0 Å². The molecule has 3 rings (SSSR count). The highest BCUT2D eigenvalue weighted by Gasteiger charge is 2.22. The smallest absolute Gasteiger partial charge is 0.265 e. The van der Waals surface area contributed by atoms with Crippen LogP contribution < -0.4 is 10.1 Å². The molecule has 0 heterocycles. The van der Waals surface area contributed by atoms with Crippen LogP contribution in [0.3, 0.4) is 0 Å². The topological polar surface area (TPSA) is 92.7 Å². The molecule has 1 unspecified atom stereocenters. The van der Waals surface area contributed by atoms with E-state index in [9.17, 15) is 18.3 Å². The standard InChI is InChI=1S/C33H42NO5S/c1-3-5-6-7-8-9-10-11-13-32(33(36)34-27-16-14-26(12-4-2)15-17-27)39-29-20-24-31(25-21-29)40(37,38)30-22-18-28(35)19-23-30/h14-25,32,35H,2-13H2,1H3,(H,34,36). The summed E-state index contributed by atoms with van der Waals surface area (Å²) >= 11 is 0. The van der Waals surface area contributed by atoms with Gasteiger partial charge in [-0.05, 0) is 91.9 Å². The maximum atomic E-state index is 13.2. The molecule has 1 atom stereocenters. The number of unbranched alkanes of at least 4 members (excludes halogenated alkanes) is 7. The highest BCUT2D eigenvalue weighted by atomic mass is 32.2. The van der Waals surface area contributed by atoms with Crippen molar-refractivity contribution in [1.29, 1.82) is 0 Å². The van der Waals surface area contributed by atoms with Crippen LogP contribution in [0.15, 0.2) is 82.6 Å². The summed E-state index contributed by atoms with van der Waals surface area (Å²) in [4.78, 5) is 13.4. The molecule has 0 spiro atoms. The summed E-state index contributed by atoms with van der Waals surface area (Å²) in [5.41, 5.74) is 1.87. The number of rotatable bonds is 17. The molecule has 2 N–H and O–H groups in total. The molecule has 0 bridgehead atoms. The van der Waals surface area contributed by atoms with Gasteiger partial charge in [0.1, 0.15) is 11.5 Å².